The van der Waals surface area contributed by atoms with Crippen molar-refractivity contribution in [2.75, 3.05) is 20.1 Å². The Morgan fingerprint density at radius 1 is 0.913 bits per heavy atom. The Hall–Kier alpha value is -1.64. The Morgan fingerprint density at radius 2 is 1.52 bits per heavy atom. The van der Waals surface area contributed by atoms with Crippen LogP contribution < -0.4 is 0 Å². The summed E-state index contributed by atoms with van der Waals surface area (Å²) >= 11 is 0. The molecule has 0 amide bonds. The molecule has 2 aliphatic rings. The lowest BCUT2D eigenvalue weighted by atomic mass is 9.96. The molecule has 1 fully saturated rings. The second-order valence-electron chi connectivity index (χ2n) is 6.94. The Bertz CT molecular complexity index is 634. The van der Waals surface area contributed by atoms with E-state index in [0.717, 1.165) is 19.4 Å². The van der Waals surface area contributed by atoms with Gasteiger partial charge in [0.1, 0.15) is 6.10 Å². The molecule has 120 valence electrons. The van der Waals surface area contributed by atoms with Crippen LogP contribution in [0.15, 0.2) is 48.5 Å². The summed E-state index contributed by atoms with van der Waals surface area (Å²) in [7, 11) is 2.20. The third-order valence-electron chi connectivity index (χ3n) is 5.25. The summed E-state index contributed by atoms with van der Waals surface area (Å²) in [5.41, 5.74) is 5.62. The number of benzene rings is 2. The summed E-state index contributed by atoms with van der Waals surface area (Å²) in [5.74, 6) is 0. The van der Waals surface area contributed by atoms with Gasteiger partial charge in [-0.15, -0.1) is 0 Å². The van der Waals surface area contributed by atoms with Crippen LogP contribution in [0.25, 0.3) is 0 Å². The van der Waals surface area contributed by atoms with Crippen LogP contribution in [0.5, 0.6) is 0 Å². The highest BCUT2D eigenvalue weighted by atomic mass is 16.5. The van der Waals surface area contributed by atoms with Gasteiger partial charge in [-0.05, 0) is 61.5 Å². The van der Waals surface area contributed by atoms with E-state index in [9.17, 15) is 0 Å². The van der Waals surface area contributed by atoms with Crippen molar-refractivity contribution < 1.29 is 4.74 Å². The molecule has 2 nitrogen and oxygen atoms in total. The maximum absolute atomic E-state index is 6.69. The smallest absolute Gasteiger partial charge is 0.109 e. The second kappa shape index (κ2) is 6.46. The molecule has 1 heterocycles. The summed E-state index contributed by atoms with van der Waals surface area (Å²) in [6.07, 6.45) is 5.04. The molecule has 1 aliphatic carbocycles. The van der Waals surface area contributed by atoms with Crippen LogP contribution in [0.1, 0.15) is 41.2 Å². The van der Waals surface area contributed by atoms with Crippen LogP contribution in [-0.2, 0) is 17.6 Å². The zero-order valence-electron chi connectivity index (χ0n) is 13.9. The van der Waals surface area contributed by atoms with Crippen molar-refractivity contribution in [3.63, 3.8) is 0 Å². The number of likely N-dealkylation sites (N-methyl/N-ethyl adjacent to an activating group) is 1. The molecule has 0 N–H and O–H groups in total. The normalized spacial score (nSPS) is 22.2. The van der Waals surface area contributed by atoms with Gasteiger partial charge in [0, 0.05) is 6.54 Å². The van der Waals surface area contributed by atoms with Crippen molar-refractivity contribution in [1.82, 2.24) is 4.90 Å². The van der Waals surface area contributed by atoms with E-state index in [1.54, 1.807) is 0 Å². The minimum absolute atomic E-state index is 0.0846. The lowest BCUT2D eigenvalue weighted by Crippen LogP contribution is -2.37. The van der Waals surface area contributed by atoms with E-state index in [2.05, 4.69) is 60.5 Å². The Labute approximate surface area is 139 Å². The average Bonchev–Trinajstić information content (AvgIpc) is 2.73. The van der Waals surface area contributed by atoms with Crippen LogP contribution in [0.4, 0.5) is 0 Å². The van der Waals surface area contributed by atoms with Gasteiger partial charge in [-0.3, -0.25) is 0 Å². The first-order valence-electron chi connectivity index (χ1n) is 8.81. The molecule has 1 unspecified atom stereocenters. The first-order chi connectivity index (χ1) is 11.3. The second-order valence-corrected chi connectivity index (χ2v) is 6.94. The summed E-state index contributed by atoms with van der Waals surface area (Å²) in [4.78, 5) is 2.39. The Balaban J connectivity index is 1.71. The predicted octanol–water partition coefficient (Wildman–Crippen LogP) is 3.99. The zero-order valence-corrected chi connectivity index (χ0v) is 13.9. The minimum atomic E-state index is 0.0846. The number of aryl methyl sites for hydroxylation is 2. The Morgan fingerprint density at radius 3 is 2.13 bits per heavy atom. The summed E-state index contributed by atoms with van der Waals surface area (Å²) in [5, 5.41) is 0. The highest BCUT2D eigenvalue weighted by molar-refractivity contribution is 5.43. The molecule has 4 rings (SSSR count). The fourth-order valence-electron chi connectivity index (χ4n) is 4.04. The van der Waals surface area contributed by atoms with E-state index in [-0.39, 0.29) is 6.10 Å². The predicted molar refractivity (Wildman–Crippen MR) is 93.7 cm³/mol. The van der Waals surface area contributed by atoms with Gasteiger partial charge >= 0.3 is 0 Å². The van der Waals surface area contributed by atoms with Crippen molar-refractivity contribution in [3.8, 4) is 0 Å². The van der Waals surface area contributed by atoms with E-state index >= 15 is 0 Å². The van der Waals surface area contributed by atoms with Crippen LogP contribution >= 0.6 is 0 Å². The van der Waals surface area contributed by atoms with Crippen LogP contribution in [0.2, 0.25) is 0 Å². The van der Waals surface area contributed by atoms with E-state index in [4.69, 9.17) is 4.74 Å². The lowest BCUT2D eigenvalue weighted by molar-refractivity contribution is -0.0283. The van der Waals surface area contributed by atoms with Gasteiger partial charge in [0.25, 0.3) is 0 Å². The number of nitrogens with zero attached hydrogens (tertiary/aromatic N) is 1. The number of hydrogen-bond acceptors (Lipinski definition) is 2. The molecule has 0 aromatic heterocycles. The fraction of sp³-hybridized carbons (Fsp3) is 0.429. The standard InChI is InChI=1S/C21H25NO/c1-22-14-6-9-18(15-22)23-21-19-10-4-2-7-16(19)12-13-17-8-3-5-11-20(17)21/h2-5,7-8,10-11,18,21H,6,9,12-15H2,1H3. The number of ether oxygens (including phenoxy) is 1. The third-order valence-corrected chi connectivity index (χ3v) is 5.25. The highest BCUT2D eigenvalue weighted by Gasteiger charge is 2.28. The van der Waals surface area contributed by atoms with Gasteiger partial charge in [0.15, 0.2) is 0 Å². The molecule has 0 saturated carbocycles. The number of fused-ring (bicyclic) bond motifs is 2. The van der Waals surface area contributed by atoms with Crippen molar-refractivity contribution in [2.24, 2.45) is 0 Å². The SMILES string of the molecule is CN1CCCC(OC2c3ccccc3CCc3ccccc32)C1. The first-order valence-corrected chi connectivity index (χ1v) is 8.81. The van der Waals surface area contributed by atoms with Gasteiger partial charge in [0.05, 0.1) is 6.10 Å². The number of piperidine rings is 1. The van der Waals surface area contributed by atoms with Gasteiger partial charge in [-0.25, -0.2) is 0 Å². The molecule has 2 heteroatoms. The first kappa shape index (κ1) is 14.9. The van der Waals surface area contributed by atoms with E-state index < -0.39 is 0 Å². The largest absolute Gasteiger partial charge is 0.364 e. The Kier molecular flexibility index (Phi) is 4.19. The molecule has 1 aliphatic heterocycles. The molecule has 2 aromatic carbocycles. The van der Waals surface area contributed by atoms with Crippen molar-refractivity contribution in [3.05, 3.63) is 70.8 Å². The van der Waals surface area contributed by atoms with Gasteiger partial charge in [-0.1, -0.05) is 48.5 Å². The summed E-state index contributed by atoms with van der Waals surface area (Å²) < 4.78 is 6.69. The molecule has 2 aromatic rings. The molecule has 0 bridgehead atoms. The summed E-state index contributed by atoms with van der Waals surface area (Å²) in [6.45, 7) is 2.23. The molecule has 0 radical (unpaired) electrons. The average molecular weight is 307 g/mol. The number of rotatable bonds is 2. The number of likely N-dealkylation sites (tertiary alicyclic amines) is 1. The van der Waals surface area contributed by atoms with Crippen molar-refractivity contribution >= 4 is 0 Å². The molecular formula is C21H25NO. The number of hydrogen-bond donors (Lipinski definition) is 0. The zero-order chi connectivity index (χ0) is 15.6. The maximum Gasteiger partial charge on any atom is 0.109 e. The monoisotopic (exact) mass is 307 g/mol. The molecule has 0 spiro atoms. The van der Waals surface area contributed by atoms with E-state index in [1.807, 2.05) is 0 Å². The van der Waals surface area contributed by atoms with Gasteiger partial charge < -0.3 is 9.64 Å². The van der Waals surface area contributed by atoms with Gasteiger partial charge in [0.2, 0.25) is 0 Å². The van der Waals surface area contributed by atoms with E-state index in [0.29, 0.717) is 6.10 Å². The minimum Gasteiger partial charge on any atom is -0.364 e. The van der Waals surface area contributed by atoms with Crippen molar-refractivity contribution in [1.29, 1.82) is 0 Å². The maximum atomic E-state index is 6.69. The molecule has 1 saturated heterocycles. The fourth-order valence-corrected chi connectivity index (χ4v) is 4.04. The van der Waals surface area contributed by atoms with Crippen molar-refractivity contribution in [2.45, 2.75) is 37.9 Å². The van der Waals surface area contributed by atoms with Crippen LogP contribution in [-0.4, -0.2) is 31.1 Å². The van der Waals surface area contributed by atoms with Crippen LogP contribution in [0.3, 0.4) is 0 Å². The van der Waals surface area contributed by atoms with E-state index in [1.165, 1.54) is 41.6 Å². The highest BCUT2D eigenvalue weighted by Crippen LogP contribution is 2.36. The van der Waals surface area contributed by atoms with Gasteiger partial charge in [-0.2, -0.15) is 0 Å². The van der Waals surface area contributed by atoms with Crippen LogP contribution in [0, 0.1) is 0 Å². The molecule has 1 atom stereocenters. The topological polar surface area (TPSA) is 12.5 Å². The quantitative estimate of drug-likeness (QED) is 0.832. The summed E-state index contributed by atoms with van der Waals surface area (Å²) in [6, 6.07) is 17.7. The lowest BCUT2D eigenvalue weighted by Gasteiger charge is -2.33. The molecule has 23 heavy (non-hydrogen) atoms. The third kappa shape index (κ3) is 3.06. The molecular weight excluding hydrogens is 282 g/mol.